The Morgan fingerprint density at radius 1 is 0.968 bits per heavy atom. The van der Waals surface area contributed by atoms with Crippen LogP contribution < -0.4 is 0 Å². The molecule has 7 atom stereocenters. The van der Waals surface area contributed by atoms with E-state index in [0.717, 1.165) is 6.42 Å². The van der Waals surface area contributed by atoms with E-state index in [4.69, 9.17) is 27.8 Å². The molecule has 6 nitrogen and oxygen atoms in total. The van der Waals surface area contributed by atoms with Crippen molar-refractivity contribution in [3.8, 4) is 0 Å². The topological polar surface area (TPSA) is 55.4 Å². The zero-order chi connectivity index (χ0) is 23.0. The van der Waals surface area contributed by atoms with Crippen molar-refractivity contribution in [2.75, 3.05) is 6.61 Å². The van der Waals surface area contributed by atoms with Crippen molar-refractivity contribution in [2.24, 2.45) is 0 Å². The van der Waals surface area contributed by atoms with Crippen molar-refractivity contribution in [1.29, 1.82) is 0 Å². The summed E-state index contributed by atoms with van der Waals surface area (Å²) in [6, 6.07) is 0. The Balaban J connectivity index is 1.62. The SMILES string of the molecule is C=CC[C@@H]1O[C@@H]2C[C@@H]3O[Si](C(C)(C)C)(C(C)(C)C)OC[C@H]3O[C@H]2[C@H]2OC(C)(C)O[C@@]12C. The van der Waals surface area contributed by atoms with Crippen LogP contribution in [-0.4, -0.2) is 63.2 Å². The third-order valence-corrected chi connectivity index (χ3v) is 12.6. The normalized spacial score (nSPS) is 44.2. The van der Waals surface area contributed by atoms with Gasteiger partial charge in [-0.15, -0.1) is 6.58 Å². The summed E-state index contributed by atoms with van der Waals surface area (Å²) in [6.07, 6.45) is 2.57. The van der Waals surface area contributed by atoms with Gasteiger partial charge in [-0.25, -0.2) is 0 Å². The van der Waals surface area contributed by atoms with Crippen LogP contribution in [0, 0.1) is 0 Å². The second-order valence-corrected chi connectivity index (χ2v) is 17.1. The van der Waals surface area contributed by atoms with Gasteiger partial charge < -0.3 is 27.8 Å². The minimum Gasteiger partial charge on any atom is -0.391 e. The van der Waals surface area contributed by atoms with Gasteiger partial charge in [0, 0.05) is 16.5 Å². The lowest BCUT2D eigenvalue weighted by Crippen LogP contribution is -2.71. The molecule has 4 heterocycles. The van der Waals surface area contributed by atoms with Gasteiger partial charge in [-0.3, -0.25) is 0 Å². The molecule has 4 aliphatic heterocycles. The van der Waals surface area contributed by atoms with E-state index in [-0.39, 0.29) is 46.7 Å². The number of rotatable bonds is 2. The van der Waals surface area contributed by atoms with Gasteiger partial charge in [-0.1, -0.05) is 47.6 Å². The molecule has 7 heteroatoms. The molecule has 31 heavy (non-hydrogen) atoms. The number of fused-ring (bicyclic) bond motifs is 4. The Hall–Kier alpha value is -0.283. The first-order valence-electron chi connectivity index (χ1n) is 11.8. The molecule has 0 aliphatic carbocycles. The van der Waals surface area contributed by atoms with E-state index in [1.54, 1.807) is 0 Å². The Morgan fingerprint density at radius 2 is 1.61 bits per heavy atom. The van der Waals surface area contributed by atoms with Crippen LogP contribution in [0.4, 0.5) is 0 Å². The molecule has 0 saturated carbocycles. The summed E-state index contributed by atoms with van der Waals surface area (Å²) in [5.74, 6) is -0.683. The van der Waals surface area contributed by atoms with Gasteiger partial charge in [0.05, 0.1) is 24.9 Å². The van der Waals surface area contributed by atoms with E-state index in [0.29, 0.717) is 13.0 Å². The average molecular weight is 455 g/mol. The van der Waals surface area contributed by atoms with Crippen molar-refractivity contribution in [3.05, 3.63) is 12.7 Å². The molecule has 4 saturated heterocycles. The third kappa shape index (κ3) is 3.68. The summed E-state index contributed by atoms with van der Waals surface area (Å²) in [5.41, 5.74) is -0.586. The standard InChI is InChI=1S/C24H42O6Si/c1-11-12-18-24(10)20(28-23(8,9)30-24)19-16(26-18)13-15-17(27-19)14-25-31(29-15,21(2,3)4)22(5,6)7/h11,15-20H,1,12-14H2,2-10H3/t15-,16+,17+,18-,19+,20+,24-/m0/s1. The van der Waals surface area contributed by atoms with E-state index < -0.39 is 19.9 Å². The lowest BCUT2D eigenvalue weighted by atomic mass is 9.79. The molecule has 0 aromatic carbocycles. The Kier molecular flexibility index (Phi) is 5.66. The van der Waals surface area contributed by atoms with E-state index in [1.165, 1.54) is 0 Å². The molecule has 0 unspecified atom stereocenters. The fourth-order valence-corrected chi connectivity index (χ4v) is 11.3. The quantitative estimate of drug-likeness (QED) is 0.439. The molecule has 0 radical (unpaired) electrons. The summed E-state index contributed by atoms with van der Waals surface area (Å²) in [7, 11) is -2.55. The third-order valence-electron chi connectivity index (χ3n) is 7.42. The molecule has 0 aromatic heterocycles. The maximum absolute atomic E-state index is 6.95. The molecular formula is C24H42O6Si. The molecule has 0 N–H and O–H groups in total. The van der Waals surface area contributed by atoms with E-state index in [9.17, 15) is 0 Å². The maximum atomic E-state index is 6.95. The molecule has 4 rings (SSSR count). The molecule has 4 fully saturated rings. The maximum Gasteiger partial charge on any atom is 0.349 e. The molecule has 0 spiro atoms. The predicted octanol–water partition coefficient (Wildman–Crippen LogP) is 4.86. The van der Waals surface area contributed by atoms with Gasteiger partial charge >= 0.3 is 8.56 Å². The van der Waals surface area contributed by atoms with Crippen LogP contribution >= 0.6 is 0 Å². The lowest BCUT2D eigenvalue weighted by molar-refractivity contribution is -0.289. The van der Waals surface area contributed by atoms with Crippen LogP contribution in [-0.2, 0) is 27.8 Å². The van der Waals surface area contributed by atoms with Gasteiger partial charge in [0.2, 0.25) is 0 Å². The molecule has 4 aliphatic rings. The smallest absolute Gasteiger partial charge is 0.349 e. The highest BCUT2D eigenvalue weighted by Crippen LogP contribution is 2.56. The van der Waals surface area contributed by atoms with Gasteiger partial charge in [-0.05, 0) is 27.2 Å². The predicted molar refractivity (Wildman–Crippen MR) is 121 cm³/mol. The highest BCUT2D eigenvalue weighted by Gasteiger charge is 2.67. The van der Waals surface area contributed by atoms with Gasteiger partial charge in [0.15, 0.2) is 5.79 Å². The van der Waals surface area contributed by atoms with Crippen LogP contribution in [0.2, 0.25) is 10.1 Å². The van der Waals surface area contributed by atoms with E-state index >= 15 is 0 Å². The van der Waals surface area contributed by atoms with Crippen LogP contribution in [0.15, 0.2) is 12.7 Å². The number of ether oxygens (including phenoxy) is 4. The molecule has 0 aromatic rings. The van der Waals surface area contributed by atoms with Crippen molar-refractivity contribution in [1.82, 2.24) is 0 Å². The fourth-order valence-electron chi connectivity index (χ4n) is 6.38. The first kappa shape index (κ1) is 23.9. The summed E-state index contributed by atoms with van der Waals surface area (Å²) in [5, 5.41) is -0.117. The number of hydrogen-bond donors (Lipinski definition) is 0. The average Bonchev–Trinajstić information content (AvgIpc) is 2.88. The zero-order valence-electron chi connectivity index (χ0n) is 20.8. The highest BCUT2D eigenvalue weighted by molar-refractivity contribution is 6.73. The first-order valence-corrected chi connectivity index (χ1v) is 13.6. The highest BCUT2D eigenvalue weighted by atomic mass is 28.4. The van der Waals surface area contributed by atoms with Crippen molar-refractivity contribution in [3.63, 3.8) is 0 Å². The van der Waals surface area contributed by atoms with Crippen molar-refractivity contribution >= 4 is 8.56 Å². The Labute approximate surface area is 189 Å². The van der Waals surface area contributed by atoms with Crippen molar-refractivity contribution in [2.45, 2.75) is 133 Å². The molecule has 0 amide bonds. The van der Waals surface area contributed by atoms with E-state index in [1.807, 2.05) is 19.9 Å². The van der Waals surface area contributed by atoms with Gasteiger partial charge in [-0.2, -0.15) is 0 Å². The zero-order valence-corrected chi connectivity index (χ0v) is 21.8. The minimum atomic E-state index is -2.55. The lowest BCUT2D eigenvalue weighted by Gasteiger charge is -2.58. The molecule has 0 bridgehead atoms. The number of hydrogen-bond acceptors (Lipinski definition) is 6. The monoisotopic (exact) mass is 454 g/mol. The summed E-state index contributed by atoms with van der Waals surface area (Å²) in [6.45, 7) is 23.9. The van der Waals surface area contributed by atoms with Crippen LogP contribution in [0.1, 0.15) is 75.2 Å². The van der Waals surface area contributed by atoms with E-state index in [2.05, 4.69) is 55.0 Å². The molecular weight excluding hydrogens is 412 g/mol. The molecule has 178 valence electrons. The summed E-state index contributed by atoms with van der Waals surface area (Å²) < 4.78 is 39.6. The van der Waals surface area contributed by atoms with Crippen molar-refractivity contribution < 1.29 is 27.8 Å². The second kappa shape index (κ2) is 7.36. The largest absolute Gasteiger partial charge is 0.391 e. The first-order chi connectivity index (χ1) is 14.1. The minimum absolute atomic E-state index is 0.0378. The van der Waals surface area contributed by atoms with Gasteiger partial charge in [0.1, 0.15) is 23.9 Å². The summed E-state index contributed by atoms with van der Waals surface area (Å²) >= 11 is 0. The summed E-state index contributed by atoms with van der Waals surface area (Å²) in [4.78, 5) is 0. The second-order valence-electron chi connectivity index (χ2n) is 12.4. The van der Waals surface area contributed by atoms with Crippen LogP contribution in [0.5, 0.6) is 0 Å². The van der Waals surface area contributed by atoms with Gasteiger partial charge in [0.25, 0.3) is 0 Å². The van der Waals surface area contributed by atoms with Crippen LogP contribution in [0.3, 0.4) is 0 Å². The Morgan fingerprint density at radius 3 is 2.19 bits per heavy atom. The van der Waals surface area contributed by atoms with Crippen LogP contribution in [0.25, 0.3) is 0 Å². The fraction of sp³-hybridized carbons (Fsp3) is 0.917. The Bertz CT molecular complexity index is 696.